The van der Waals surface area contributed by atoms with E-state index in [1.54, 1.807) is 10.6 Å². The van der Waals surface area contributed by atoms with Crippen molar-refractivity contribution in [1.29, 1.82) is 0 Å². The Kier molecular flexibility index (Phi) is 2.77. The molecule has 0 aliphatic heterocycles. The molecule has 2 heterocycles. The van der Waals surface area contributed by atoms with Crippen LogP contribution in [0.3, 0.4) is 0 Å². The third-order valence-corrected chi connectivity index (χ3v) is 3.29. The molecule has 0 aliphatic rings. The van der Waals surface area contributed by atoms with Crippen LogP contribution in [0.1, 0.15) is 0 Å². The summed E-state index contributed by atoms with van der Waals surface area (Å²) >= 11 is 6.04. The number of nitrogens with zero attached hydrogens (tertiary/aromatic N) is 4. The van der Waals surface area contributed by atoms with Crippen molar-refractivity contribution in [3.63, 3.8) is 0 Å². The summed E-state index contributed by atoms with van der Waals surface area (Å²) in [6.07, 6.45) is 4.47. The average Bonchev–Trinajstić information content (AvgIpc) is 2.86. The molecule has 0 fully saturated rings. The number of benzene rings is 1. The van der Waals surface area contributed by atoms with E-state index in [1.165, 1.54) is 24.7 Å². The van der Waals surface area contributed by atoms with Gasteiger partial charge in [-0.25, -0.2) is 4.39 Å². The van der Waals surface area contributed by atoms with Crippen LogP contribution in [0.5, 0.6) is 0 Å². The quantitative estimate of drug-likeness (QED) is 0.552. The summed E-state index contributed by atoms with van der Waals surface area (Å²) in [6, 6.07) is 2.63. The number of aromatic nitrogens is 3. The lowest BCUT2D eigenvalue weighted by Gasteiger charge is -2.08. The minimum Gasteiger partial charge on any atom is -0.398 e. The van der Waals surface area contributed by atoms with Crippen LogP contribution in [0, 0.1) is 12.4 Å². The standard InChI is InChI=1S/C13H7ClFN5/c1-17-13-10-4-18-9(5-20(10)6-19-13)11-7(15)2-3-8(16)12(11)14/h2-6H,16H2. The van der Waals surface area contributed by atoms with Crippen LogP contribution in [0.4, 0.5) is 15.9 Å². The molecule has 0 saturated heterocycles. The number of nitrogen functional groups attached to an aromatic ring is 1. The molecule has 2 N–H and O–H groups in total. The normalized spacial score (nSPS) is 10.7. The molecule has 0 bridgehead atoms. The first-order valence-electron chi connectivity index (χ1n) is 5.56. The van der Waals surface area contributed by atoms with Crippen molar-refractivity contribution < 1.29 is 4.39 Å². The van der Waals surface area contributed by atoms with Crippen molar-refractivity contribution in [2.75, 3.05) is 5.73 Å². The molecule has 1 aromatic carbocycles. The first kappa shape index (κ1) is 12.4. The van der Waals surface area contributed by atoms with Crippen LogP contribution < -0.4 is 5.73 Å². The Morgan fingerprint density at radius 2 is 2.15 bits per heavy atom. The number of nitrogens with two attached hydrogens (primary N) is 1. The predicted octanol–water partition coefficient (Wildman–Crippen LogP) is 3.32. The molecular weight excluding hydrogens is 281 g/mol. The lowest BCUT2D eigenvalue weighted by molar-refractivity contribution is 0.631. The summed E-state index contributed by atoms with van der Waals surface area (Å²) in [6.45, 7) is 6.98. The Morgan fingerprint density at radius 3 is 2.90 bits per heavy atom. The highest BCUT2D eigenvalue weighted by Gasteiger charge is 2.15. The van der Waals surface area contributed by atoms with Gasteiger partial charge in [-0.2, -0.15) is 0 Å². The van der Waals surface area contributed by atoms with E-state index in [1.807, 2.05) is 0 Å². The molecule has 0 radical (unpaired) electrons. The Labute approximate surface area is 118 Å². The molecule has 7 heteroatoms. The summed E-state index contributed by atoms with van der Waals surface area (Å²) in [4.78, 5) is 11.3. The number of hydrogen-bond acceptors (Lipinski definition) is 3. The topological polar surface area (TPSA) is 60.6 Å². The van der Waals surface area contributed by atoms with E-state index in [-0.39, 0.29) is 22.1 Å². The van der Waals surface area contributed by atoms with Crippen LogP contribution in [0.25, 0.3) is 21.6 Å². The van der Waals surface area contributed by atoms with Gasteiger partial charge in [0, 0.05) is 12.4 Å². The molecule has 0 unspecified atom stereocenters. The maximum Gasteiger partial charge on any atom is 0.296 e. The molecule has 3 rings (SSSR count). The molecule has 5 nitrogen and oxygen atoms in total. The summed E-state index contributed by atoms with van der Waals surface area (Å²) in [5, 5.41) is 0.113. The fourth-order valence-corrected chi connectivity index (χ4v) is 2.15. The van der Waals surface area contributed by atoms with E-state index in [0.29, 0.717) is 11.2 Å². The zero-order chi connectivity index (χ0) is 14.3. The van der Waals surface area contributed by atoms with Crippen LogP contribution in [-0.4, -0.2) is 14.4 Å². The van der Waals surface area contributed by atoms with Gasteiger partial charge in [-0.3, -0.25) is 9.38 Å². The molecule has 0 spiro atoms. The minimum atomic E-state index is -0.512. The van der Waals surface area contributed by atoms with Crippen LogP contribution >= 0.6 is 11.6 Å². The maximum absolute atomic E-state index is 13.9. The van der Waals surface area contributed by atoms with Gasteiger partial charge in [0.05, 0.1) is 27.5 Å². The summed E-state index contributed by atoms with van der Waals surface area (Å²) in [7, 11) is 0. The van der Waals surface area contributed by atoms with Gasteiger partial charge in [0.2, 0.25) is 0 Å². The number of rotatable bonds is 1. The second-order valence-corrected chi connectivity index (χ2v) is 4.45. The zero-order valence-corrected chi connectivity index (χ0v) is 10.8. The molecule has 0 atom stereocenters. The van der Waals surface area contributed by atoms with Gasteiger partial charge in [-0.15, -0.1) is 4.98 Å². The third kappa shape index (κ3) is 1.76. The van der Waals surface area contributed by atoms with Crippen molar-refractivity contribution in [1.82, 2.24) is 14.4 Å². The van der Waals surface area contributed by atoms with E-state index < -0.39 is 5.82 Å². The first-order chi connectivity index (χ1) is 9.61. The third-order valence-electron chi connectivity index (χ3n) is 2.88. The Balaban J connectivity index is 2.26. The number of hydrogen-bond donors (Lipinski definition) is 1. The van der Waals surface area contributed by atoms with Gasteiger partial charge in [-0.05, 0) is 12.1 Å². The van der Waals surface area contributed by atoms with Gasteiger partial charge < -0.3 is 10.6 Å². The Bertz CT molecular complexity index is 865. The zero-order valence-electron chi connectivity index (χ0n) is 10.0. The summed E-state index contributed by atoms with van der Waals surface area (Å²) in [5.74, 6) is -0.273. The molecule has 3 aromatic rings. The van der Waals surface area contributed by atoms with Gasteiger partial charge >= 0.3 is 0 Å². The van der Waals surface area contributed by atoms with Gasteiger partial charge in [-0.1, -0.05) is 18.2 Å². The van der Waals surface area contributed by atoms with Crippen LogP contribution in [0.15, 0.2) is 30.9 Å². The molecule has 98 valence electrons. The van der Waals surface area contributed by atoms with Crippen molar-refractivity contribution in [3.8, 4) is 11.3 Å². The summed E-state index contributed by atoms with van der Waals surface area (Å²) < 4.78 is 15.5. The smallest absolute Gasteiger partial charge is 0.296 e. The molecule has 20 heavy (non-hydrogen) atoms. The maximum atomic E-state index is 13.9. The molecule has 0 aliphatic carbocycles. The highest BCUT2D eigenvalue weighted by molar-refractivity contribution is 6.35. The predicted molar refractivity (Wildman–Crippen MR) is 74.1 cm³/mol. The van der Waals surface area contributed by atoms with Crippen LogP contribution in [0.2, 0.25) is 5.02 Å². The largest absolute Gasteiger partial charge is 0.398 e. The second kappa shape index (κ2) is 4.47. The van der Waals surface area contributed by atoms with E-state index in [0.717, 1.165) is 0 Å². The van der Waals surface area contributed by atoms with E-state index in [9.17, 15) is 4.39 Å². The molecule has 0 saturated carbocycles. The number of imidazole rings is 1. The van der Waals surface area contributed by atoms with Crippen molar-refractivity contribution in [2.45, 2.75) is 0 Å². The Hall–Kier alpha value is -2.65. The molecular formula is C13H7ClFN5. The SMILES string of the molecule is [C-]#[N+]c1ncn2cc(-c3c(F)ccc(N)c3Cl)ncc12. The van der Waals surface area contributed by atoms with E-state index in [2.05, 4.69) is 14.8 Å². The van der Waals surface area contributed by atoms with Crippen molar-refractivity contribution in [2.24, 2.45) is 0 Å². The first-order valence-corrected chi connectivity index (χ1v) is 5.93. The monoisotopic (exact) mass is 287 g/mol. The van der Waals surface area contributed by atoms with Gasteiger partial charge in [0.15, 0.2) is 6.33 Å². The number of fused-ring (bicyclic) bond motifs is 1. The second-order valence-electron chi connectivity index (χ2n) is 4.07. The van der Waals surface area contributed by atoms with Crippen molar-refractivity contribution >= 4 is 28.6 Å². The minimum absolute atomic E-state index is 0.113. The lowest BCUT2D eigenvalue weighted by atomic mass is 10.1. The van der Waals surface area contributed by atoms with Crippen molar-refractivity contribution in [3.05, 3.63) is 53.1 Å². The van der Waals surface area contributed by atoms with Crippen LogP contribution in [-0.2, 0) is 0 Å². The average molecular weight is 288 g/mol. The lowest BCUT2D eigenvalue weighted by Crippen LogP contribution is -1.96. The highest BCUT2D eigenvalue weighted by Crippen LogP contribution is 2.34. The van der Waals surface area contributed by atoms with Gasteiger partial charge in [0.1, 0.15) is 5.82 Å². The fourth-order valence-electron chi connectivity index (χ4n) is 1.90. The highest BCUT2D eigenvalue weighted by atomic mass is 35.5. The number of halogens is 2. The fraction of sp³-hybridized carbons (Fsp3) is 0. The summed E-state index contributed by atoms with van der Waals surface area (Å²) in [5.41, 5.74) is 6.95. The Morgan fingerprint density at radius 1 is 1.35 bits per heavy atom. The number of anilines is 1. The molecule has 2 aromatic heterocycles. The molecule has 0 amide bonds. The van der Waals surface area contributed by atoms with E-state index >= 15 is 0 Å². The van der Waals surface area contributed by atoms with Gasteiger partial charge in [0.25, 0.3) is 5.82 Å². The van der Waals surface area contributed by atoms with E-state index in [4.69, 9.17) is 23.9 Å².